The summed E-state index contributed by atoms with van der Waals surface area (Å²) in [5.74, 6) is 0. The van der Waals surface area contributed by atoms with Crippen molar-refractivity contribution in [2.45, 2.75) is 0 Å². The van der Waals surface area contributed by atoms with Gasteiger partial charge in [-0.2, -0.15) is 5.26 Å². The number of halogens is 3. The van der Waals surface area contributed by atoms with Crippen LogP contribution in [-0.2, 0) is 0 Å². The molecule has 29 heavy (non-hydrogen) atoms. The van der Waals surface area contributed by atoms with Crippen LogP contribution in [0.2, 0.25) is 10.0 Å². The minimum Gasteiger partial charge on any atom is -0.422 e. The molecule has 0 bridgehead atoms. The van der Waals surface area contributed by atoms with Gasteiger partial charge in [0.05, 0.1) is 16.8 Å². The summed E-state index contributed by atoms with van der Waals surface area (Å²) in [6, 6.07) is 14.3. The topological polar surface area (TPSA) is 66.9 Å². The largest absolute Gasteiger partial charge is 0.422 e. The van der Waals surface area contributed by atoms with E-state index < -0.39 is 5.63 Å². The molecule has 0 saturated carbocycles. The molecule has 142 valence electrons. The van der Waals surface area contributed by atoms with Crippen LogP contribution >= 0.6 is 50.5 Å². The van der Waals surface area contributed by atoms with Crippen molar-refractivity contribution in [2.75, 3.05) is 0 Å². The summed E-state index contributed by atoms with van der Waals surface area (Å²) in [6.45, 7) is 0. The van der Waals surface area contributed by atoms with Crippen molar-refractivity contribution in [3.05, 3.63) is 83.4 Å². The lowest BCUT2D eigenvalue weighted by Gasteiger charge is -2.01. The normalized spacial score (nSPS) is 11.6. The molecule has 0 atom stereocenters. The van der Waals surface area contributed by atoms with Crippen LogP contribution in [-0.4, -0.2) is 4.98 Å². The molecule has 0 unspecified atom stereocenters. The number of nitrogens with zero attached hydrogens (tertiary/aromatic N) is 2. The Kier molecular flexibility index (Phi) is 5.57. The molecule has 4 aromatic rings. The highest BCUT2D eigenvalue weighted by Gasteiger charge is 2.14. The number of rotatable bonds is 3. The van der Waals surface area contributed by atoms with Gasteiger partial charge in [0.15, 0.2) is 0 Å². The summed E-state index contributed by atoms with van der Waals surface area (Å²) in [5, 5.41) is 13.5. The van der Waals surface area contributed by atoms with E-state index in [0.717, 1.165) is 9.86 Å². The third-order valence-electron chi connectivity index (χ3n) is 4.09. The lowest BCUT2D eigenvalue weighted by molar-refractivity contribution is 0.563. The molecule has 2 aromatic carbocycles. The first kappa shape index (κ1) is 19.9. The van der Waals surface area contributed by atoms with Crippen LogP contribution in [0.1, 0.15) is 10.6 Å². The van der Waals surface area contributed by atoms with Gasteiger partial charge in [-0.05, 0) is 48.0 Å². The quantitative estimate of drug-likeness (QED) is 0.222. The van der Waals surface area contributed by atoms with E-state index in [2.05, 4.69) is 27.0 Å². The third-order valence-corrected chi connectivity index (χ3v) is 6.02. The van der Waals surface area contributed by atoms with Gasteiger partial charge < -0.3 is 4.42 Å². The van der Waals surface area contributed by atoms with E-state index in [1.54, 1.807) is 47.9 Å². The van der Waals surface area contributed by atoms with Gasteiger partial charge in [-0.1, -0.05) is 45.2 Å². The molecule has 4 rings (SSSR count). The van der Waals surface area contributed by atoms with Gasteiger partial charge in [-0.3, -0.25) is 0 Å². The number of nitriles is 1. The van der Waals surface area contributed by atoms with Crippen LogP contribution in [0.25, 0.3) is 33.9 Å². The molecule has 0 fully saturated rings. The molecule has 0 aliphatic carbocycles. The predicted octanol–water partition coefficient (Wildman–Crippen LogP) is 7.05. The lowest BCUT2D eigenvalue weighted by Crippen LogP contribution is -2.02. The van der Waals surface area contributed by atoms with Crippen LogP contribution in [0.3, 0.4) is 0 Å². The number of benzene rings is 2. The molecule has 0 aliphatic heterocycles. The number of hydrogen-bond acceptors (Lipinski definition) is 5. The van der Waals surface area contributed by atoms with Gasteiger partial charge in [0.1, 0.15) is 16.7 Å². The highest BCUT2D eigenvalue weighted by molar-refractivity contribution is 9.10. The van der Waals surface area contributed by atoms with E-state index in [0.29, 0.717) is 43.0 Å². The average Bonchev–Trinajstić information content (AvgIpc) is 3.17. The summed E-state index contributed by atoms with van der Waals surface area (Å²) in [5.41, 5.74) is 1.77. The Morgan fingerprint density at radius 1 is 1.21 bits per heavy atom. The fourth-order valence-electron chi connectivity index (χ4n) is 2.71. The summed E-state index contributed by atoms with van der Waals surface area (Å²) in [7, 11) is 0. The minimum absolute atomic E-state index is 0.332. The number of hydrogen-bond donors (Lipinski definition) is 0. The Bertz CT molecular complexity index is 1390. The first-order valence-corrected chi connectivity index (χ1v) is 10.6. The second kappa shape index (κ2) is 8.13. The van der Waals surface area contributed by atoms with Crippen molar-refractivity contribution in [3.63, 3.8) is 0 Å². The van der Waals surface area contributed by atoms with Gasteiger partial charge in [0, 0.05) is 25.3 Å². The molecule has 0 aliphatic rings. The highest BCUT2D eigenvalue weighted by atomic mass is 79.9. The number of thiazole rings is 1. The maximum absolute atomic E-state index is 12.4. The van der Waals surface area contributed by atoms with Gasteiger partial charge in [-0.15, -0.1) is 11.3 Å². The Balaban J connectivity index is 1.77. The smallest absolute Gasteiger partial charge is 0.345 e. The molecule has 4 nitrogen and oxygen atoms in total. The van der Waals surface area contributed by atoms with Crippen LogP contribution in [0.5, 0.6) is 0 Å². The minimum atomic E-state index is -0.486. The zero-order valence-corrected chi connectivity index (χ0v) is 18.4. The lowest BCUT2D eigenvalue weighted by atomic mass is 10.1. The zero-order valence-electron chi connectivity index (χ0n) is 14.4. The van der Waals surface area contributed by atoms with Crippen LogP contribution in [0.15, 0.2) is 61.5 Å². The third kappa shape index (κ3) is 4.14. The molecule has 0 amide bonds. The van der Waals surface area contributed by atoms with Crippen molar-refractivity contribution in [3.8, 4) is 17.3 Å². The van der Waals surface area contributed by atoms with Crippen molar-refractivity contribution < 1.29 is 4.42 Å². The van der Waals surface area contributed by atoms with E-state index in [-0.39, 0.29) is 0 Å². The molecular weight excluding hydrogens is 495 g/mol. The summed E-state index contributed by atoms with van der Waals surface area (Å²) in [6.07, 6.45) is 1.64. The van der Waals surface area contributed by atoms with Crippen molar-refractivity contribution >= 4 is 73.1 Å². The fourth-order valence-corrected chi connectivity index (χ4v) is 4.34. The van der Waals surface area contributed by atoms with Crippen molar-refractivity contribution in [2.24, 2.45) is 0 Å². The fraction of sp³-hybridized carbons (Fsp3) is 0. The molecular formula is C21H9BrCl2N2O2S. The van der Waals surface area contributed by atoms with E-state index >= 15 is 0 Å². The molecule has 0 spiro atoms. The van der Waals surface area contributed by atoms with Gasteiger partial charge in [-0.25, -0.2) is 9.78 Å². The maximum Gasteiger partial charge on any atom is 0.345 e. The first-order valence-electron chi connectivity index (χ1n) is 8.21. The summed E-state index contributed by atoms with van der Waals surface area (Å²) >= 11 is 16.8. The molecule has 0 N–H and O–H groups in total. The van der Waals surface area contributed by atoms with E-state index in [4.69, 9.17) is 27.6 Å². The molecule has 2 heterocycles. The standard InChI is InChI=1S/C21H9BrCl2N2O2S/c22-14-2-4-19-12(6-14)7-16(21(27)28-19)18-10-29-20(26-18)13(9-25)5-11-1-3-15(23)8-17(11)24/h1-8,10H/b13-5+. The second-order valence-electron chi connectivity index (χ2n) is 6.00. The van der Waals surface area contributed by atoms with Crippen LogP contribution in [0, 0.1) is 11.3 Å². The van der Waals surface area contributed by atoms with E-state index in [9.17, 15) is 10.1 Å². The average molecular weight is 504 g/mol. The van der Waals surface area contributed by atoms with Crippen LogP contribution in [0.4, 0.5) is 0 Å². The number of allylic oxidation sites excluding steroid dienone is 1. The Labute approximate surface area is 187 Å². The van der Waals surface area contributed by atoms with Crippen molar-refractivity contribution in [1.29, 1.82) is 5.26 Å². The highest BCUT2D eigenvalue weighted by Crippen LogP contribution is 2.30. The Morgan fingerprint density at radius 2 is 2.03 bits per heavy atom. The van der Waals surface area contributed by atoms with Crippen LogP contribution < -0.4 is 5.63 Å². The summed E-state index contributed by atoms with van der Waals surface area (Å²) in [4.78, 5) is 16.9. The molecule has 2 aromatic heterocycles. The molecule has 0 radical (unpaired) electrons. The SMILES string of the molecule is N#C/C(=C\c1ccc(Cl)cc1Cl)c1nc(-c2cc3cc(Br)ccc3oc2=O)cs1. The van der Waals surface area contributed by atoms with E-state index in [1.807, 2.05) is 6.07 Å². The van der Waals surface area contributed by atoms with Gasteiger partial charge in [0.25, 0.3) is 0 Å². The zero-order chi connectivity index (χ0) is 20.5. The monoisotopic (exact) mass is 502 g/mol. The number of aromatic nitrogens is 1. The van der Waals surface area contributed by atoms with Gasteiger partial charge in [0.2, 0.25) is 0 Å². The Hall–Kier alpha value is -2.43. The molecule has 8 heteroatoms. The van der Waals surface area contributed by atoms with E-state index in [1.165, 1.54) is 11.3 Å². The van der Waals surface area contributed by atoms with Gasteiger partial charge >= 0.3 is 5.63 Å². The second-order valence-corrected chi connectivity index (χ2v) is 8.62. The summed E-state index contributed by atoms with van der Waals surface area (Å²) < 4.78 is 6.27. The first-order chi connectivity index (χ1) is 13.9. The predicted molar refractivity (Wildman–Crippen MR) is 121 cm³/mol. The molecule has 0 saturated heterocycles. The number of fused-ring (bicyclic) bond motifs is 1. The Morgan fingerprint density at radius 3 is 2.79 bits per heavy atom. The maximum atomic E-state index is 12.4. The van der Waals surface area contributed by atoms with Crippen molar-refractivity contribution in [1.82, 2.24) is 4.98 Å².